The van der Waals surface area contributed by atoms with E-state index >= 15 is 0 Å². The number of pyridine rings is 1. The average molecular weight is 455 g/mol. The van der Waals surface area contributed by atoms with Crippen LogP contribution in [0.2, 0.25) is 0 Å². The highest BCUT2D eigenvalue weighted by molar-refractivity contribution is 5.85. The molecule has 0 radical (unpaired) electrons. The van der Waals surface area contributed by atoms with Crippen molar-refractivity contribution in [3.63, 3.8) is 0 Å². The predicted octanol–water partition coefficient (Wildman–Crippen LogP) is 3.75. The van der Waals surface area contributed by atoms with Gasteiger partial charge in [-0.05, 0) is 42.2 Å². The second-order valence-electron chi connectivity index (χ2n) is 8.21. The molecule has 0 saturated carbocycles. The van der Waals surface area contributed by atoms with E-state index in [-0.39, 0.29) is 0 Å². The number of aryl methyl sites for hydroxylation is 1. The third-order valence-electron chi connectivity index (χ3n) is 5.89. The number of hydrogen-bond acceptors (Lipinski definition) is 7. The summed E-state index contributed by atoms with van der Waals surface area (Å²) < 4.78 is 9.19. The van der Waals surface area contributed by atoms with Crippen LogP contribution in [0.4, 0.5) is 5.82 Å². The Hall–Kier alpha value is -4.27. The molecule has 9 heteroatoms. The third-order valence-corrected chi connectivity index (χ3v) is 5.89. The van der Waals surface area contributed by atoms with Crippen LogP contribution >= 0.6 is 0 Å². The topological polar surface area (TPSA) is 95.6 Å². The van der Waals surface area contributed by atoms with Crippen LogP contribution in [-0.2, 0) is 19.6 Å². The molecule has 0 atom stereocenters. The van der Waals surface area contributed by atoms with Crippen molar-refractivity contribution in [3.05, 3.63) is 89.3 Å². The lowest BCUT2D eigenvalue weighted by Gasteiger charge is -2.13. The number of benzene rings is 1. The number of nitrogens with one attached hydrogen (secondary N) is 1. The van der Waals surface area contributed by atoms with Gasteiger partial charge >= 0.3 is 0 Å². The van der Waals surface area contributed by atoms with Crippen LogP contribution in [0.15, 0.2) is 61.4 Å². The summed E-state index contributed by atoms with van der Waals surface area (Å²) in [7, 11) is 1.64. The van der Waals surface area contributed by atoms with Crippen molar-refractivity contribution in [3.8, 4) is 5.88 Å². The maximum absolute atomic E-state index is 5.37. The molecule has 5 aromatic rings. The van der Waals surface area contributed by atoms with Crippen molar-refractivity contribution >= 4 is 16.9 Å². The van der Waals surface area contributed by atoms with Gasteiger partial charge in [0.05, 0.1) is 25.6 Å². The minimum atomic E-state index is 0.603. The SMILES string of the molecule is COc1ncc(C)c(CNc2ncnc3nn(Cc4ccc(Cn5cccn5)cc4)cc23)c1C. The monoisotopic (exact) mass is 454 g/mol. The molecule has 1 aromatic carbocycles. The number of hydrogen-bond donors (Lipinski definition) is 1. The molecule has 9 nitrogen and oxygen atoms in total. The Morgan fingerprint density at radius 2 is 1.74 bits per heavy atom. The lowest BCUT2D eigenvalue weighted by molar-refractivity contribution is 0.393. The number of aromatic nitrogens is 7. The van der Waals surface area contributed by atoms with Gasteiger partial charge < -0.3 is 10.1 Å². The molecular weight excluding hydrogens is 428 g/mol. The first-order chi connectivity index (χ1) is 16.6. The molecule has 172 valence electrons. The Morgan fingerprint density at radius 1 is 0.971 bits per heavy atom. The molecule has 0 aliphatic heterocycles. The van der Waals surface area contributed by atoms with Gasteiger partial charge in [-0.25, -0.2) is 15.0 Å². The van der Waals surface area contributed by atoms with Crippen LogP contribution in [0.25, 0.3) is 11.0 Å². The van der Waals surface area contributed by atoms with Crippen LogP contribution in [0.1, 0.15) is 27.8 Å². The van der Waals surface area contributed by atoms with Crippen LogP contribution < -0.4 is 10.1 Å². The minimum Gasteiger partial charge on any atom is -0.481 e. The number of anilines is 1. The second-order valence-corrected chi connectivity index (χ2v) is 8.21. The van der Waals surface area contributed by atoms with Crippen molar-refractivity contribution < 1.29 is 4.74 Å². The Morgan fingerprint density at radius 3 is 2.44 bits per heavy atom. The maximum Gasteiger partial charge on any atom is 0.216 e. The zero-order valence-electron chi connectivity index (χ0n) is 19.4. The number of nitrogens with zero attached hydrogens (tertiary/aromatic N) is 7. The molecule has 4 heterocycles. The fourth-order valence-electron chi connectivity index (χ4n) is 4.03. The van der Waals surface area contributed by atoms with Crippen molar-refractivity contribution in [2.75, 3.05) is 12.4 Å². The zero-order chi connectivity index (χ0) is 23.5. The van der Waals surface area contributed by atoms with E-state index in [0.717, 1.165) is 40.0 Å². The number of methoxy groups -OCH3 is 1. The van der Waals surface area contributed by atoms with Crippen molar-refractivity contribution in [1.82, 2.24) is 34.5 Å². The molecule has 0 aliphatic carbocycles. The van der Waals surface area contributed by atoms with E-state index in [0.29, 0.717) is 24.6 Å². The van der Waals surface area contributed by atoms with E-state index in [1.807, 2.05) is 47.9 Å². The largest absolute Gasteiger partial charge is 0.481 e. The molecule has 0 fully saturated rings. The van der Waals surface area contributed by atoms with Crippen LogP contribution in [0.5, 0.6) is 5.88 Å². The fraction of sp³-hybridized carbons (Fsp3) is 0.240. The third kappa shape index (κ3) is 4.45. The first-order valence-corrected chi connectivity index (χ1v) is 11.1. The first kappa shape index (κ1) is 21.6. The van der Waals surface area contributed by atoms with Crippen LogP contribution in [0, 0.1) is 13.8 Å². The standard InChI is InChI=1S/C25H26N8O/c1-17-11-27-25(34-3)18(2)21(17)12-26-23-22-15-33(31-24(22)29-16-28-23)14-20-7-5-19(6-8-20)13-32-10-4-9-30-32/h4-11,15-16H,12-14H2,1-3H3,(H,26,28,29,31). The highest BCUT2D eigenvalue weighted by Crippen LogP contribution is 2.24. The Balaban J connectivity index is 1.32. The van der Waals surface area contributed by atoms with Gasteiger partial charge in [0.2, 0.25) is 5.88 Å². The lowest BCUT2D eigenvalue weighted by Crippen LogP contribution is -2.07. The first-order valence-electron chi connectivity index (χ1n) is 11.1. The molecule has 5 rings (SSSR count). The van der Waals surface area contributed by atoms with Crippen LogP contribution in [0.3, 0.4) is 0 Å². The summed E-state index contributed by atoms with van der Waals surface area (Å²) in [6.45, 7) is 6.07. The van der Waals surface area contributed by atoms with Crippen LogP contribution in [-0.4, -0.2) is 41.6 Å². The Bertz CT molecular complexity index is 1410. The minimum absolute atomic E-state index is 0.603. The summed E-state index contributed by atoms with van der Waals surface area (Å²) in [6, 6.07) is 10.4. The van der Waals surface area contributed by atoms with Gasteiger partial charge in [0, 0.05) is 36.9 Å². The number of ether oxygens (including phenoxy) is 1. The van der Waals surface area contributed by atoms with Gasteiger partial charge in [0.25, 0.3) is 0 Å². The van der Waals surface area contributed by atoms with E-state index in [4.69, 9.17) is 4.74 Å². The predicted molar refractivity (Wildman–Crippen MR) is 130 cm³/mol. The summed E-state index contributed by atoms with van der Waals surface area (Å²) in [5.41, 5.74) is 6.29. The van der Waals surface area contributed by atoms with E-state index in [1.54, 1.807) is 19.6 Å². The molecule has 0 bridgehead atoms. The van der Waals surface area contributed by atoms with E-state index in [1.165, 1.54) is 5.56 Å². The fourth-order valence-corrected chi connectivity index (χ4v) is 4.03. The summed E-state index contributed by atoms with van der Waals surface area (Å²) in [5, 5.41) is 13.2. The number of rotatable bonds is 8. The quantitative estimate of drug-likeness (QED) is 0.381. The van der Waals surface area contributed by atoms with Gasteiger partial charge in [0.1, 0.15) is 12.1 Å². The molecule has 0 spiro atoms. The summed E-state index contributed by atoms with van der Waals surface area (Å²) in [6.07, 6.45) is 9.11. The molecule has 0 saturated heterocycles. The van der Waals surface area contributed by atoms with Gasteiger partial charge in [-0.3, -0.25) is 9.36 Å². The maximum atomic E-state index is 5.37. The van der Waals surface area contributed by atoms with Gasteiger partial charge in [-0.2, -0.15) is 10.2 Å². The molecular formula is C25H26N8O. The normalized spacial score (nSPS) is 11.1. The highest BCUT2D eigenvalue weighted by Gasteiger charge is 2.12. The number of fused-ring (bicyclic) bond motifs is 1. The van der Waals surface area contributed by atoms with Crippen molar-refractivity contribution in [2.24, 2.45) is 0 Å². The Kier molecular flexibility index (Phi) is 5.90. The zero-order valence-corrected chi connectivity index (χ0v) is 19.4. The molecule has 0 amide bonds. The molecule has 1 N–H and O–H groups in total. The van der Waals surface area contributed by atoms with E-state index < -0.39 is 0 Å². The molecule has 0 unspecified atom stereocenters. The summed E-state index contributed by atoms with van der Waals surface area (Å²) in [5.74, 6) is 1.39. The van der Waals surface area contributed by atoms with Gasteiger partial charge in [-0.1, -0.05) is 24.3 Å². The Labute approximate surface area is 197 Å². The molecule has 0 aliphatic rings. The second kappa shape index (κ2) is 9.30. The highest BCUT2D eigenvalue weighted by atomic mass is 16.5. The van der Waals surface area contributed by atoms with Crippen molar-refractivity contribution in [1.29, 1.82) is 0 Å². The van der Waals surface area contributed by atoms with Gasteiger partial charge in [-0.15, -0.1) is 0 Å². The average Bonchev–Trinajstić information content (AvgIpc) is 3.50. The van der Waals surface area contributed by atoms with E-state index in [9.17, 15) is 0 Å². The van der Waals surface area contributed by atoms with E-state index in [2.05, 4.69) is 54.7 Å². The smallest absolute Gasteiger partial charge is 0.216 e. The summed E-state index contributed by atoms with van der Waals surface area (Å²) >= 11 is 0. The molecule has 4 aromatic heterocycles. The summed E-state index contributed by atoms with van der Waals surface area (Å²) in [4.78, 5) is 13.2. The molecule has 34 heavy (non-hydrogen) atoms. The lowest BCUT2D eigenvalue weighted by atomic mass is 10.1. The van der Waals surface area contributed by atoms with Gasteiger partial charge in [0.15, 0.2) is 5.65 Å². The van der Waals surface area contributed by atoms with Crippen molar-refractivity contribution in [2.45, 2.75) is 33.5 Å².